The number of carbonyl (C=O) groups is 2. The van der Waals surface area contributed by atoms with Crippen molar-refractivity contribution < 1.29 is 22.7 Å². The molecule has 1 unspecified atom stereocenters. The molecule has 0 saturated carbocycles. The first-order chi connectivity index (χ1) is 19.2. The summed E-state index contributed by atoms with van der Waals surface area (Å²) in [5, 5.41) is 2.95. The fourth-order valence-corrected chi connectivity index (χ4v) is 5.83. The van der Waals surface area contributed by atoms with Crippen molar-refractivity contribution in [2.75, 3.05) is 24.5 Å². The van der Waals surface area contributed by atoms with Gasteiger partial charge in [-0.3, -0.25) is 13.9 Å². The Hall–Kier alpha value is -3.85. The summed E-state index contributed by atoms with van der Waals surface area (Å²) < 4.78 is 34.0. The Morgan fingerprint density at radius 3 is 2.17 bits per heavy atom. The van der Waals surface area contributed by atoms with Gasteiger partial charge >= 0.3 is 0 Å². The second-order valence-corrected chi connectivity index (χ2v) is 11.4. The number of amides is 2. The monoisotopic (exact) mass is 565 g/mol. The number of sulfonamides is 1. The van der Waals surface area contributed by atoms with Gasteiger partial charge in [-0.2, -0.15) is 0 Å². The van der Waals surface area contributed by atoms with Crippen LogP contribution in [-0.4, -0.2) is 51.4 Å². The van der Waals surface area contributed by atoms with E-state index < -0.39 is 28.5 Å². The largest absolute Gasteiger partial charge is 0.497 e. The van der Waals surface area contributed by atoms with Gasteiger partial charge in [-0.1, -0.05) is 62.7 Å². The maximum atomic E-state index is 14.1. The number of aryl methyl sites for hydroxylation is 1. The molecule has 3 rings (SSSR count). The third-order valence-electron chi connectivity index (χ3n) is 6.79. The first-order valence-electron chi connectivity index (χ1n) is 13.6. The van der Waals surface area contributed by atoms with Crippen molar-refractivity contribution in [2.45, 2.75) is 57.5 Å². The van der Waals surface area contributed by atoms with Crippen molar-refractivity contribution in [1.82, 2.24) is 10.2 Å². The van der Waals surface area contributed by atoms with Gasteiger partial charge in [0.05, 0.1) is 17.7 Å². The van der Waals surface area contributed by atoms with Crippen LogP contribution in [0, 0.1) is 6.92 Å². The lowest BCUT2D eigenvalue weighted by molar-refractivity contribution is -0.140. The highest BCUT2D eigenvalue weighted by Crippen LogP contribution is 2.27. The highest BCUT2D eigenvalue weighted by Gasteiger charge is 2.33. The number of hydrogen-bond acceptors (Lipinski definition) is 5. The summed E-state index contributed by atoms with van der Waals surface area (Å²) in [5.74, 6) is -0.168. The average Bonchev–Trinajstić information content (AvgIpc) is 2.97. The van der Waals surface area contributed by atoms with Gasteiger partial charge in [0.25, 0.3) is 10.0 Å². The summed E-state index contributed by atoms with van der Waals surface area (Å²) in [5.41, 5.74) is 2.18. The zero-order chi connectivity index (χ0) is 29.1. The van der Waals surface area contributed by atoms with Crippen molar-refractivity contribution in [2.24, 2.45) is 0 Å². The maximum absolute atomic E-state index is 14.1. The molecule has 2 amide bonds. The Labute approximate surface area is 238 Å². The zero-order valence-electron chi connectivity index (χ0n) is 23.7. The third kappa shape index (κ3) is 7.63. The van der Waals surface area contributed by atoms with E-state index in [1.807, 2.05) is 45.0 Å². The van der Waals surface area contributed by atoms with Gasteiger partial charge < -0.3 is 15.0 Å². The molecule has 0 aliphatic rings. The number of hydrogen-bond donors (Lipinski definition) is 1. The summed E-state index contributed by atoms with van der Waals surface area (Å²) in [6.07, 6.45) is 2.13. The number of benzene rings is 3. The van der Waals surface area contributed by atoms with Crippen LogP contribution in [0.1, 0.15) is 44.2 Å². The van der Waals surface area contributed by atoms with Crippen LogP contribution in [-0.2, 0) is 26.2 Å². The molecule has 0 aromatic heterocycles. The fraction of sp³-hybridized carbons (Fsp3) is 0.355. The molecule has 0 spiro atoms. The molecule has 0 saturated heterocycles. The molecule has 0 aliphatic heterocycles. The van der Waals surface area contributed by atoms with Crippen molar-refractivity contribution >= 4 is 27.5 Å². The fourth-order valence-electron chi connectivity index (χ4n) is 4.39. The lowest BCUT2D eigenvalue weighted by Gasteiger charge is -2.33. The van der Waals surface area contributed by atoms with E-state index >= 15 is 0 Å². The van der Waals surface area contributed by atoms with E-state index in [0.717, 1.165) is 28.3 Å². The Balaban J connectivity index is 2.03. The van der Waals surface area contributed by atoms with Gasteiger partial charge in [0.1, 0.15) is 18.3 Å². The van der Waals surface area contributed by atoms with E-state index in [-0.39, 0.29) is 17.3 Å². The maximum Gasteiger partial charge on any atom is 0.264 e. The molecular weight excluding hydrogens is 526 g/mol. The topological polar surface area (TPSA) is 96.0 Å². The second kappa shape index (κ2) is 14.5. The Morgan fingerprint density at radius 2 is 1.57 bits per heavy atom. The first-order valence-corrected chi connectivity index (χ1v) is 15.0. The van der Waals surface area contributed by atoms with Gasteiger partial charge in [0.15, 0.2) is 0 Å². The number of methoxy groups -OCH3 is 1. The van der Waals surface area contributed by atoms with Crippen LogP contribution in [0.25, 0.3) is 0 Å². The molecule has 1 N–H and O–H groups in total. The number of nitrogens with one attached hydrogen (secondary N) is 1. The summed E-state index contributed by atoms with van der Waals surface area (Å²) in [4.78, 5) is 28.9. The van der Waals surface area contributed by atoms with Crippen molar-refractivity contribution in [1.29, 1.82) is 0 Å². The molecule has 3 aromatic rings. The molecule has 214 valence electrons. The van der Waals surface area contributed by atoms with Crippen molar-refractivity contribution in [3.63, 3.8) is 0 Å². The molecule has 1 atom stereocenters. The van der Waals surface area contributed by atoms with Gasteiger partial charge in [-0.05, 0) is 67.3 Å². The molecule has 0 aliphatic carbocycles. The lowest BCUT2D eigenvalue weighted by Crippen LogP contribution is -2.52. The van der Waals surface area contributed by atoms with E-state index in [2.05, 4.69) is 5.32 Å². The number of anilines is 1. The Kier molecular flexibility index (Phi) is 11.1. The molecule has 0 bridgehead atoms. The number of nitrogens with zero attached hydrogens (tertiary/aromatic N) is 2. The van der Waals surface area contributed by atoms with Crippen LogP contribution in [0.5, 0.6) is 5.75 Å². The highest BCUT2D eigenvalue weighted by molar-refractivity contribution is 7.92. The van der Waals surface area contributed by atoms with Gasteiger partial charge in [-0.15, -0.1) is 0 Å². The smallest absolute Gasteiger partial charge is 0.264 e. The first kappa shape index (κ1) is 30.7. The lowest BCUT2D eigenvalue weighted by atomic mass is 10.1. The van der Waals surface area contributed by atoms with E-state index in [1.54, 1.807) is 42.5 Å². The number of carbonyl (C=O) groups excluding carboxylic acids is 2. The summed E-state index contributed by atoms with van der Waals surface area (Å²) >= 11 is 0. The molecule has 0 heterocycles. The average molecular weight is 566 g/mol. The molecule has 8 nitrogen and oxygen atoms in total. The van der Waals surface area contributed by atoms with Crippen molar-refractivity contribution in [3.05, 3.63) is 90.0 Å². The van der Waals surface area contributed by atoms with Crippen LogP contribution in [0.3, 0.4) is 0 Å². The highest BCUT2D eigenvalue weighted by atomic mass is 32.2. The van der Waals surface area contributed by atoms with Gasteiger partial charge in [0, 0.05) is 13.1 Å². The van der Waals surface area contributed by atoms with Crippen LogP contribution >= 0.6 is 0 Å². The van der Waals surface area contributed by atoms with Crippen LogP contribution in [0.4, 0.5) is 5.69 Å². The van der Waals surface area contributed by atoms with Crippen LogP contribution in [0.15, 0.2) is 83.8 Å². The molecule has 0 fully saturated rings. The summed E-state index contributed by atoms with van der Waals surface area (Å²) in [6, 6.07) is 21.4. The molecule has 3 aromatic carbocycles. The van der Waals surface area contributed by atoms with E-state index in [9.17, 15) is 18.0 Å². The normalized spacial score (nSPS) is 11.9. The van der Waals surface area contributed by atoms with E-state index in [1.165, 1.54) is 24.1 Å². The van der Waals surface area contributed by atoms with Crippen LogP contribution < -0.4 is 14.4 Å². The zero-order valence-corrected chi connectivity index (χ0v) is 24.5. The van der Waals surface area contributed by atoms with Gasteiger partial charge in [0.2, 0.25) is 11.8 Å². The predicted octanol–water partition coefficient (Wildman–Crippen LogP) is 4.92. The quantitative estimate of drug-likeness (QED) is 0.280. The third-order valence-corrected chi connectivity index (χ3v) is 8.58. The summed E-state index contributed by atoms with van der Waals surface area (Å²) in [6.45, 7) is 6.05. The minimum absolute atomic E-state index is 0.0634. The minimum atomic E-state index is -4.11. The number of ether oxygens (including phenoxy) is 1. The SMILES string of the molecule is CCCCNC(=O)C(CC)N(Cc1ccccc1C)C(=O)CN(c1ccc(OC)cc1)S(=O)(=O)c1ccccc1. The number of unbranched alkanes of at least 4 members (excludes halogenated alkanes) is 1. The second-order valence-electron chi connectivity index (χ2n) is 9.54. The van der Waals surface area contributed by atoms with E-state index in [4.69, 9.17) is 4.74 Å². The molecule has 0 radical (unpaired) electrons. The Morgan fingerprint density at radius 1 is 0.925 bits per heavy atom. The molecular formula is C31H39N3O5S. The summed E-state index contributed by atoms with van der Waals surface area (Å²) in [7, 11) is -2.58. The van der Waals surface area contributed by atoms with Crippen molar-refractivity contribution in [3.8, 4) is 5.75 Å². The van der Waals surface area contributed by atoms with E-state index in [0.29, 0.717) is 24.4 Å². The van der Waals surface area contributed by atoms with Gasteiger partial charge in [-0.25, -0.2) is 8.42 Å². The predicted molar refractivity (Wildman–Crippen MR) is 158 cm³/mol. The number of rotatable bonds is 14. The minimum Gasteiger partial charge on any atom is -0.497 e. The Bertz CT molecular complexity index is 1360. The van der Waals surface area contributed by atoms with Crippen LogP contribution in [0.2, 0.25) is 0 Å². The molecule has 9 heteroatoms. The standard InChI is InChI=1S/C31H39N3O5S/c1-5-7-21-32-31(36)29(6-2)33(22-25-14-12-11-13-24(25)3)30(35)23-34(26-17-19-27(39-4)20-18-26)40(37,38)28-15-9-8-10-16-28/h8-20,29H,5-7,21-23H2,1-4H3,(H,32,36). The molecule has 40 heavy (non-hydrogen) atoms.